The van der Waals surface area contributed by atoms with E-state index in [9.17, 15) is 5.11 Å². The van der Waals surface area contributed by atoms with Crippen LogP contribution < -0.4 is 5.32 Å². The normalized spacial score (nSPS) is 19.9. The first kappa shape index (κ1) is 16.9. The zero-order valence-corrected chi connectivity index (χ0v) is 13.6. The van der Waals surface area contributed by atoms with Gasteiger partial charge in [-0.3, -0.25) is 4.90 Å². The van der Waals surface area contributed by atoms with Crippen molar-refractivity contribution in [1.82, 2.24) is 10.2 Å². The molecule has 0 radical (unpaired) electrons. The van der Waals surface area contributed by atoms with Crippen LogP contribution in [-0.4, -0.2) is 47.8 Å². The van der Waals surface area contributed by atoms with Crippen LogP contribution in [0.3, 0.4) is 0 Å². The summed E-state index contributed by atoms with van der Waals surface area (Å²) in [7, 11) is 0. The van der Waals surface area contributed by atoms with Crippen LogP contribution in [0.15, 0.2) is 0 Å². The zero-order valence-electron chi connectivity index (χ0n) is 13.6. The molecule has 0 unspecified atom stereocenters. The Morgan fingerprint density at radius 3 is 2.00 bits per heavy atom. The summed E-state index contributed by atoms with van der Waals surface area (Å²) in [5.74, 6) is 0. The molecule has 0 aliphatic carbocycles. The molecule has 1 rings (SSSR count). The molecule has 3 heteroatoms. The second kappa shape index (κ2) is 7.05. The minimum atomic E-state index is 0.0845. The fourth-order valence-electron chi connectivity index (χ4n) is 2.89. The molecule has 0 aromatic heterocycles. The lowest BCUT2D eigenvalue weighted by Gasteiger charge is -2.42. The Balaban J connectivity index is 2.37. The van der Waals surface area contributed by atoms with Crippen molar-refractivity contribution in [2.75, 3.05) is 26.2 Å². The van der Waals surface area contributed by atoms with Gasteiger partial charge in [-0.15, -0.1) is 0 Å². The van der Waals surface area contributed by atoms with E-state index in [0.717, 1.165) is 19.4 Å². The average Bonchev–Trinajstić information content (AvgIpc) is 2.40. The maximum absolute atomic E-state index is 9.61. The van der Waals surface area contributed by atoms with Crippen LogP contribution in [0, 0.1) is 5.41 Å². The Hall–Kier alpha value is -0.120. The summed E-state index contributed by atoms with van der Waals surface area (Å²) < 4.78 is 0. The lowest BCUT2D eigenvalue weighted by molar-refractivity contribution is 0.0802. The number of hydrogen-bond donors (Lipinski definition) is 2. The minimum Gasteiger partial charge on any atom is -0.396 e. The molecule has 0 aromatic rings. The van der Waals surface area contributed by atoms with Gasteiger partial charge in [-0.25, -0.2) is 0 Å². The van der Waals surface area contributed by atoms with Crippen LogP contribution in [-0.2, 0) is 0 Å². The van der Waals surface area contributed by atoms with Gasteiger partial charge in [0.2, 0.25) is 0 Å². The number of aliphatic hydroxyl groups excluding tert-OH is 1. The van der Waals surface area contributed by atoms with Crippen molar-refractivity contribution in [2.24, 2.45) is 5.41 Å². The molecule has 0 spiro atoms. The maximum atomic E-state index is 9.61. The molecule has 0 amide bonds. The smallest absolute Gasteiger partial charge is 0.0499 e. The van der Waals surface area contributed by atoms with Crippen molar-refractivity contribution >= 4 is 0 Å². The third-order valence-electron chi connectivity index (χ3n) is 5.04. The Morgan fingerprint density at radius 2 is 1.63 bits per heavy atom. The highest BCUT2D eigenvalue weighted by atomic mass is 16.3. The number of piperidine rings is 1. The zero-order chi connectivity index (χ0) is 14.5. The Bertz CT molecular complexity index is 240. The quantitative estimate of drug-likeness (QED) is 0.779. The second-order valence-electron chi connectivity index (χ2n) is 7.18. The van der Waals surface area contributed by atoms with Gasteiger partial charge >= 0.3 is 0 Å². The first-order chi connectivity index (χ1) is 8.87. The van der Waals surface area contributed by atoms with Gasteiger partial charge in [0, 0.05) is 43.2 Å². The van der Waals surface area contributed by atoms with E-state index < -0.39 is 0 Å². The summed E-state index contributed by atoms with van der Waals surface area (Å²) in [6.45, 7) is 14.9. The van der Waals surface area contributed by atoms with Crippen LogP contribution >= 0.6 is 0 Å². The summed E-state index contributed by atoms with van der Waals surface area (Å²) in [6, 6.07) is 0.627. The Morgan fingerprint density at radius 1 is 1.11 bits per heavy atom. The first-order valence-corrected chi connectivity index (χ1v) is 7.96. The summed E-state index contributed by atoms with van der Waals surface area (Å²) in [4.78, 5) is 2.57. The molecule has 1 fully saturated rings. The van der Waals surface area contributed by atoms with Crippen molar-refractivity contribution < 1.29 is 5.11 Å². The number of rotatable bonds is 6. The van der Waals surface area contributed by atoms with Crippen LogP contribution in [0.5, 0.6) is 0 Å². The number of hydrogen-bond acceptors (Lipinski definition) is 3. The number of aliphatic hydroxyl groups is 1. The van der Waals surface area contributed by atoms with Gasteiger partial charge in [0.05, 0.1) is 0 Å². The average molecular weight is 270 g/mol. The standard InChI is InChI=1S/C16H34N2O/c1-6-16(7-2,13-19)12-17-14-8-10-18(11-9-14)15(3,4)5/h14,17,19H,6-13H2,1-5H3. The summed E-state index contributed by atoms with van der Waals surface area (Å²) in [5.41, 5.74) is 0.383. The highest BCUT2D eigenvalue weighted by molar-refractivity contribution is 4.86. The summed E-state index contributed by atoms with van der Waals surface area (Å²) in [6.07, 6.45) is 4.56. The van der Waals surface area contributed by atoms with E-state index in [1.807, 2.05) is 0 Å². The first-order valence-electron chi connectivity index (χ1n) is 7.96. The maximum Gasteiger partial charge on any atom is 0.0499 e. The van der Waals surface area contributed by atoms with Gasteiger partial charge in [-0.2, -0.15) is 0 Å². The van der Waals surface area contributed by atoms with E-state index in [1.54, 1.807) is 0 Å². The largest absolute Gasteiger partial charge is 0.396 e. The van der Waals surface area contributed by atoms with Crippen molar-refractivity contribution in [3.63, 3.8) is 0 Å². The lowest BCUT2D eigenvalue weighted by atomic mass is 9.82. The van der Waals surface area contributed by atoms with Crippen LogP contribution in [0.25, 0.3) is 0 Å². The molecule has 0 bridgehead atoms. The highest BCUT2D eigenvalue weighted by Gasteiger charge is 2.29. The number of nitrogens with zero attached hydrogens (tertiary/aromatic N) is 1. The predicted molar refractivity (Wildman–Crippen MR) is 82.5 cm³/mol. The van der Waals surface area contributed by atoms with Gasteiger partial charge in [0.1, 0.15) is 0 Å². The molecule has 0 aromatic carbocycles. The molecule has 2 N–H and O–H groups in total. The molecular weight excluding hydrogens is 236 g/mol. The van der Waals surface area contributed by atoms with E-state index in [1.165, 1.54) is 25.9 Å². The third-order valence-corrected chi connectivity index (χ3v) is 5.04. The van der Waals surface area contributed by atoms with Gasteiger partial charge in [-0.05, 0) is 46.5 Å². The molecule has 19 heavy (non-hydrogen) atoms. The SMILES string of the molecule is CCC(CC)(CO)CNC1CCN(C(C)(C)C)CC1. The molecule has 1 heterocycles. The Kier molecular flexibility index (Phi) is 6.28. The van der Waals surface area contributed by atoms with Gasteiger partial charge < -0.3 is 10.4 Å². The van der Waals surface area contributed by atoms with Crippen LogP contribution in [0.1, 0.15) is 60.3 Å². The van der Waals surface area contributed by atoms with Gasteiger partial charge in [0.25, 0.3) is 0 Å². The summed E-state index contributed by atoms with van der Waals surface area (Å²) in [5, 5.41) is 13.3. The van der Waals surface area contributed by atoms with E-state index in [4.69, 9.17) is 0 Å². The topological polar surface area (TPSA) is 35.5 Å². The molecule has 114 valence electrons. The van der Waals surface area contributed by atoms with Crippen molar-refractivity contribution in [3.8, 4) is 0 Å². The van der Waals surface area contributed by atoms with Crippen molar-refractivity contribution in [2.45, 2.75) is 71.9 Å². The number of likely N-dealkylation sites (tertiary alicyclic amines) is 1. The second-order valence-corrected chi connectivity index (χ2v) is 7.18. The third kappa shape index (κ3) is 4.73. The van der Waals surface area contributed by atoms with E-state index in [2.05, 4.69) is 44.8 Å². The van der Waals surface area contributed by atoms with E-state index in [0.29, 0.717) is 18.2 Å². The fourth-order valence-corrected chi connectivity index (χ4v) is 2.89. The molecule has 1 saturated heterocycles. The van der Waals surface area contributed by atoms with E-state index >= 15 is 0 Å². The summed E-state index contributed by atoms with van der Waals surface area (Å²) >= 11 is 0. The van der Waals surface area contributed by atoms with E-state index in [-0.39, 0.29) is 5.41 Å². The Labute approximate surface area is 119 Å². The molecule has 1 aliphatic rings. The van der Waals surface area contributed by atoms with Crippen molar-refractivity contribution in [1.29, 1.82) is 0 Å². The molecule has 0 saturated carbocycles. The molecule has 0 atom stereocenters. The predicted octanol–water partition coefficient (Wildman–Crippen LogP) is 2.64. The molecular formula is C16H34N2O. The monoisotopic (exact) mass is 270 g/mol. The fraction of sp³-hybridized carbons (Fsp3) is 1.00. The molecule has 3 nitrogen and oxygen atoms in total. The van der Waals surface area contributed by atoms with Gasteiger partial charge in [-0.1, -0.05) is 13.8 Å². The molecule has 1 aliphatic heterocycles. The minimum absolute atomic E-state index is 0.0845. The van der Waals surface area contributed by atoms with Gasteiger partial charge in [0.15, 0.2) is 0 Å². The number of nitrogens with one attached hydrogen (secondary N) is 1. The van der Waals surface area contributed by atoms with Crippen LogP contribution in [0.4, 0.5) is 0 Å². The van der Waals surface area contributed by atoms with Crippen molar-refractivity contribution in [3.05, 3.63) is 0 Å². The highest BCUT2D eigenvalue weighted by Crippen LogP contribution is 2.26. The van der Waals surface area contributed by atoms with Crippen LogP contribution in [0.2, 0.25) is 0 Å². The lowest BCUT2D eigenvalue weighted by Crippen LogP contribution is -2.51.